The fourth-order valence-corrected chi connectivity index (χ4v) is 3.23. The number of rotatable bonds is 3. The number of fused-ring (bicyclic) bond motifs is 1. The zero-order chi connectivity index (χ0) is 11.5. The minimum atomic E-state index is 0.777. The number of hydrogen-bond acceptors (Lipinski definition) is 2. The van der Waals surface area contributed by atoms with Gasteiger partial charge < -0.3 is 10.2 Å². The molecular formula is C15H22N2. The van der Waals surface area contributed by atoms with Crippen LogP contribution in [-0.2, 0) is 6.42 Å². The SMILES string of the molecule is c1ccc(CCN2CC[C@@H]3CCN[C@@H]3C2)cc1. The molecule has 2 saturated heterocycles. The molecule has 2 atom stereocenters. The number of nitrogens with zero attached hydrogens (tertiary/aromatic N) is 1. The van der Waals surface area contributed by atoms with Crippen LogP contribution in [0.2, 0.25) is 0 Å². The number of hydrogen-bond donors (Lipinski definition) is 1. The maximum absolute atomic E-state index is 3.65. The Balaban J connectivity index is 1.50. The van der Waals surface area contributed by atoms with Crippen molar-refractivity contribution in [2.24, 2.45) is 5.92 Å². The second-order valence-corrected chi connectivity index (χ2v) is 5.43. The summed E-state index contributed by atoms with van der Waals surface area (Å²) in [7, 11) is 0. The summed E-state index contributed by atoms with van der Waals surface area (Å²) >= 11 is 0. The molecule has 0 unspecified atom stereocenters. The number of likely N-dealkylation sites (tertiary alicyclic amines) is 1. The topological polar surface area (TPSA) is 15.3 Å². The lowest BCUT2D eigenvalue weighted by Crippen LogP contribution is -2.46. The fourth-order valence-electron chi connectivity index (χ4n) is 3.23. The highest BCUT2D eigenvalue weighted by Crippen LogP contribution is 2.25. The van der Waals surface area contributed by atoms with Crippen molar-refractivity contribution in [2.45, 2.75) is 25.3 Å². The lowest BCUT2D eigenvalue weighted by Gasteiger charge is -2.34. The maximum atomic E-state index is 3.65. The molecule has 1 aromatic rings. The van der Waals surface area contributed by atoms with Crippen molar-refractivity contribution in [3.8, 4) is 0 Å². The van der Waals surface area contributed by atoms with E-state index in [4.69, 9.17) is 0 Å². The van der Waals surface area contributed by atoms with Crippen LogP contribution < -0.4 is 5.32 Å². The van der Waals surface area contributed by atoms with E-state index in [1.54, 1.807) is 0 Å². The molecule has 1 N–H and O–H groups in total. The largest absolute Gasteiger partial charge is 0.312 e. The summed E-state index contributed by atoms with van der Waals surface area (Å²) in [5.41, 5.74) is 1.47. The first-order valence-corrected chi connectivity index (χ1v) is 6.91. The Kier molecular flexibility index (Phi) is 3.44. The fraction of sp³-hybridized carbons (Fsp3) is 0.600. The van der Waals surface area contributed by atoms with Gasteiger partial charge in [-0.2, -0.15) is 0 Å². The van der Waals surface area contributed by atoms with Crippen molar-refractivity contribution in [1.82, 2.24) is 10.2 Å². The molecule has 0 spiro atoms. The van der Waals surface area contributed by atoms with Crippen LogP contribution in [0.5, 0.6) is 0 Å². The van der Waals surface area contributed by atoms with E-state index in [-0.39, 0.29) is 0 Å². The van der Waals surface area contributed by atoms with Gasteiger partial charge in [-0.25, -0.2) is 0 Å². The van der Waals surface area contributed by atoms with Gasteiger partial charge in [-0.3, -0.25) is 0 Å². The minimum Gasteiger partial charge on any atom is -0.312 e. The average molecular weight is 230 g/mol. The maximum Gasteiger partial charge on any atom is 0.0224 e. The molecule has 2 nitrogen and oxygen atoms in total. The van der Waals surface area contributed by atoms with Crippen LogP contribution in [-0.4, -0.2) is 37.1 Å². The first-order chi connectivity index (χ1) is 8.42. The predicted octanol–water partition coefficient (Wildman–Crippen LogP) is 1.91. The van der Waals surface area contributed by atoms with Crippen LogP contribution in [0.25, 0.3) is 0 Å². The molecule has 17 heavy (non-hydrogen) atoms. The summed E-state index contributed by atoms with van der Waals surface area (Å²) in [6, 6.07) is 11.6. The summed E-state index contributed by atoms with van der Waals surface area (Å²) in [4.78, 5) is 2.63. The Labute approximate surface area is 104 Å². The summed E-state index contributed by atoms with van der Waals surface area (Å²) in [5.74, 6) is 0.961. The molecule has 2 heteroatoms. The molecule has 0 bridgehead atoms. The third-order valence-corrected chi connectivity index (χ3v) is 4.32. The third-order valence-electron chi connectivity index (χ3n) is 4.32. The Morgan fingerprint density at radius 1 is 1.18 bits per heavy atom. The molecule has 2 fully saturated rings. The van der Waals surface area contributed by atoms with E-state index in [9.17, 15) is 0 Å². The highest BCUT2D eigenvalue weighted by molar-refractivity contribution is 5.14. The van der Waals surface area contributed by atoms with Gasteiger partial charge >= 0.3 is 0 Å². The molecule has 0 radical (unpaired) electrons. The van der Waals surface area contributed by atoms with Gasteiger partial charge in [0.15, 0.2) is 0 Å². The molecule has 1 aromatic carbocycles. The van der Waals surface area contributed by atoms with Crippen LogP contribution >= 0.6 is 0 Å². The minimum absolute atomic E-state index is 0.777. The van der Waals surface area contributed by atoms with Crippen molar-refractivity contribution >= 4 is 0 Å². The smallest absolute Gasteiger partial charge is 0.0224 e. The molecule has 0 aromatic heterocycles. The average Bonchev–Trinajstić information content (AvgIpc) is 2.85. The summed E-state index contributed by atoms with van der Waals surface area (Å²) in [6.45, 7) is 5.02. The van der Waals surface area contributed by atoms with E-state index in [0.717, 1.165) is 12.0 Å². The van der Waals surface area contributed by atoms with E-state index >= 15 is 0 Å². The third kappa shape index (κ3) is 2.70. The molecule has 0 amide bonds. The Bertz CT molecular complexity index is 349. The van der Waals surface area contributed by atoms with Crippen molar-refractivity contribution < 1.29 is 0 Å². The molecule has 2 aliphatic heterocycles. The van der Waals surface area contributed by atoms with Crippen molar-refractivity contribution in [3.05, 3.63) is 35.9 Å². The zero-order valence-electron chi connectivity index (χ0n) is 10.4. The van der Waals surface area contributed by atoms with E-state index in [0.29, 0.717) is 0 Å². The Morgan fingerprint density at radius 3 is 2.94 bits per heavy atom. The standard InChI is InChI=1S/C15H22N2/c1-2-4-13(5-3-1)7-10-17-11-8-14-6-9-16-15(14)12-17/h1-5,14-16H,6-12H2/t14-,15+/m0/s1. The lowest BCUT2D eigenvalue weighted by atomic mass is 9.92. The van der Waals surface area contributed by atoms with E-state index in [1.165, 1.54) is 51.0 Å². The molecule has 2 heterocycles. The number of piperidine rings is 1. The van der Waals surface area contributed by atoms with Crippen LogP contribution in [0.3, 0.4) is 0 Å². The first kappa shape index (κ1) is 11.2. The summed E-state index contributed by atoms with van der Waals surface area (Å²) < 4.78 is 0. The lowest BCUT2D eigenvalue weighted by molar-refractivity contribution is 0.168. The highest BCUT2D eigenvalue weighted by Gasteiger charge is 2.31. The summed E-state index contributed by atoms with van der Waals surface area (Å²) in [6.07, 6.45) is 3.99. The molecule has 2 aliphatic rings. The second-order valence-electron chi connectivity index (χ2n) is 5.43. The Morgan fingerprint density at radius 2 is 2.06 bits per heavy atom. The molecule has 0 aliphatic carbocycles. The molecule has 0 saturated carbocycles. The van der Waals surface area contributed by atoms with Crippen LogP contribution in [0.1, 0.15) is 18.4 Å². The molecular weight excluding hydrogens is 208 g/mol. The van der Waals surface area contributed by atoms with Crippen molar-refractivity contribution in [3.63, 3.8) is 0 Å². The Hall–Kier alpha value is -0.860. The van der Waals surface area contributed by atoms with Crippen LogP contribution in [0, 0.1) is 5.92 Å². The van der Waals surface area contributed by atoms with Gasteiger partial charge in [-0.05, 0) is 43.8 Å². The van der Waals surface area contributed by atoms with Gasteiger partial charge in [-0.15, -0.1) is 0 Å². The highest BCUT2D eigenvalue weighted by atomic mass is 15.2. The number of nitrogens with one attached hydrogen (secondary N) is 1. The predicted molar refractivity (Wildman–Crippen MR) is 71.1 cm³/mol. The number of benzene rings is 1. The van der Waals surface area contributed by atoms with Crippen LogP contribution in [0.4, 0.5) is 0 Å². The van der Waals surface area contributed by atoms with Crippen molar-refractivity contribution in [1.29, 1.82) is 0 Å². The second kappa shape index (κ2) is 5.19. The first-order valence-electron chi connectivity index (χ1n) is 6.91. The zero-order valence-corrected chi connectivity index (χ0v) is 10.4. The van der Waals surface area contributed by atoms with Gasteiger partial charge in [0, 0.05) is 19.1 Å². The monoisotopic (exact) mass is 230 g/mol. The van der Waals surface area contributed by atoms with E-state index in [1.807, 2.05) is 0 Å². The van der Waals surface area contributed by atoms with E-state index < -0.39 is 0 Å². The van der Waals surface area contributed by atoms with Gasteiger partial charge in [0.2, 0.25) is 0 Å². The quantitative estimate of drug-likeness (QED) is 0.853. The van der Waals surface area contributed by atoms with Gasteiger partial charge in [0.25, 0.3) is 0 Å². The van der Waals surface area contributed by atoms with Crippen molar-refractivity contribution in [2.75, 3.05) is 26.2 Å². The van der Waals surface area contributed by atoms with Crippen LogP contribution in [0.15, 0.2) is 30.3 Å². The molecule has 92 valence electrons. The van der Waals surface area contributed by atoms with Gasteiger partial charge in [-0.1, -0.05) is 30.3 Å². The van der Waals surface area contributed by atoms with Gasteiger partial charge in [0.1, 0.15) is 0 Å². The normalized spacial score (nSPS) is 29.2. The van der Waals surface area contributed by atoms with E-state index in [2.05, 4.69) is 40.5 Å². The van der Waals surface area contributed by atoms with Gasteiger partial charge in [0.05, 0.1) is 0 Å². The summed E-state index contributed by atoms with van der Waals surface area (Å²) in [5, 5.41) is 3.65. The molecule has 3 rings (SSSR count).